The maximum absolute atomic E-state index is 10.3. The Labute approximate surface area is 180 Å². The number of carbonyl (C=O) groups is 2. The first-order chi connectivity index (χ1) is 11.9. The van der Waals surface area contributed by atoms with Crippen molar-refractivity contribution in [2.75, 3.05) is 0 Å². The van der Waals surface area contributed by atoms with E-state index in [4.69, 9.17) is 40.9 Å². The monoisotopic (exact) mass is 426 g/mol. The van der Waals surface area contributed by atoms with Gasteiger partial charge in [-0.15, -0.1) is 0 Å². The Balaban J connectivity index is 0.000000483. The van der Waals surface area contributed by atoms with Crippen LogP contribution in [0.3, 0.4) is 0 Å². The maximum Gasteiger partial charge on any atom is 2.00 e. The predicted molar refractivity (Wildman–Crippen MR) is 73.6 cm³/mol. The van der Waals surface area contributed by atoms with Gasteiger partial charge < -0.3 is 70.1 Å². The molecule has 2 saturated heterocycles. The van der Waals surface area contributed by atoms with Crippen molar-refractivity contribution in [1.82, 2.24) is 0 Å². The number of aliphatic carboxylic acids is 2. The van der Waals surface area contributed by atoms with Gasteiger partial charge in [0.2, 0.25) is 0 Å². The van der Waals surface area contributed by atoms with Crippen molar-refractivity contribution in [3.63, 3.8) is 0 Å². The summed E-state index contributed by atoms with van der Waals surface area (Å²) in [6.45, 7) is 0. The zero-order valence-corrected chi connectivity index (χ0v) is 15.7. The Morgan fingerprint density at radius 2 is 0.815 bits per heavy atom. The molecule has 14 nitrogen and oxygen atoms in total. The second-order valence-corrected chi connectivity index (χ2v) is 5.48. The quantitative estimate of drug-likeness (QED) is 0.191. The molecule has 10 atom stereocenters. The number of aliphatic hydroxyl groups excluding tert-OH is 8. The van der Waals surface area contributed by atoms with Gasteiger partial charge in [-0.1, -0.05) is 0 Å². The van der Waals surface area contributed by atoms with Gasteiger partial charge in [0.15, 0.2) is 12.6 Å². The molecule has 2 heterocycles. The Morgan fingerprint density at radius 1 is 0.556 bits per heavy atom. The third-order valence-electron chi connectivity index (χ3n) is 3.64. The predicted octanol–water partition coefficient (Wildman–Crippen LogP) is -9.31. The summed E-state index contributed by atoms with van der Waals surface area (Å²) in [5.74, 6) is -3.53. The average molecular weight is 426 g/mol. The van der Waals surface area contributed by atoms with E-state index in [1.54, 1.807) is 0 Å². The first-order valence-corrected chi connectivity index (χ1v) is 7.07. The first kappa shape index (κ1) is 26.8. The topological polar surface area (TPSA) is 261 Å². The molecule has 0 amide bonds. The van der Waals surface area contributed by atoms with Crippen LogP contribution < -0.4 is 10.2 Å². The van der Waals surface area contributed by atoms with Crippen LogP contribution in [0.1, 0.15) is 0 Å². The van der Waals surface area contributed by atoms with Crippen molar-refractivity contribution in [3.8, 4) is 0 Å². The van der Waals surface area contributed by atoms with Gasteiger partial charge in [0.05, 0.1) is 11.9 Å². The van der Waals surface area contributed by atoms with E-state index in [0.29, 0.717) is 0 Å². The third kappa shape index (κ3) is 6.40. The fourth-order valence-electron chi connectivity index (χ4n) is 2.11. The fourth-order valence-corrected chi connectivity index (χ4v) is 2.11. The number of aliphatic hydroxyl groups is 8. The molecular weight excluding hydrogens is 408 g/mol. The van der Waals surface area contributed by atoms with Gasteiger partial charge >= 0.3 is 37.7 Å². The molecular formula is C12H18CaO14. The fraction of sp³-hybridized carbons (Fsp3) is 0.833. The largest absolute Gasteiger partial charge is 2.00 e. The van der Waals surface area contributed by atoms with Crippen LogP contribution in [-0.4, -0.2) is 152 Å². The summed E-state index contributed by atoms with van der Waals surface area (Å²) in [5.41, 5.74) is 0. The van der Waals surface area contributed by atoms with Crippen molar-refractivity contribution in [3.05, 3.63) is 0 Å². The molecule has 2 aliphatic heterocycles. The molecule has 0 radical (unpaired) electrons. The second-order valence-electron chi connectivity index (χ2n) is 5.48. The van der Waals surface area contributed by atoms with Crippen LogP contribution in [0, 0.1) is 0 Å². The zero-order chi connectivity index (χ0) is 20.3. The molecule has 2 rings (SSSR count). The van der Waals surface area contributed by atoms with E-state index in [1.165, 1.54) is 0 Å². The van der Waals surface area contributed by atoms with Gasteiger partial charge in [-0.2, -0.15) is 0 Å². The van der Waals surface area contributed by atoms with E-state index in [-0.39, 0.29) is 37.7 Å². The molecule has 0 aromatic carbocycles. The van der Waals surface area contributed by atoms with Crippen LogP contribution in [-0.2, 0) is 19.1 Å². The Bertz CT molecular complexity index is 460. The van der Waals surface area contributed by atoms with Crippen LogP contribution in [0.5, 0.6) is 0 Å². The summed E-state index contributed by atoms with van der Waals surface area (Å²) in [6, 6.07) is 0. The van der Waals surface area contributed by atoms with E-state index >= 15 is 0 Å². The number of ether oxygens (including phenoxy) is 2. The smallest absolute Gasteiger partial charge is 0.547 e. The number of hydrogen-bond acceptors (Lipinski definition) is 14. The number of carboxylic acid groups (broad SMARTS) is 2. The minimum Gasteiger partial charge on any atom is -0.547 e. The molecule has 0 spiro atoms. The van der Waals surface area contributed by atoms with Gasteiger partial charge in [-0.25, -0.2) is 0 Å². The van der Waals surface area contributed by atoms with Crippen molar-refractivity contribution >= 4 is 49.7 Å². The Kier molecular flexibility index (Phi) is 11.0. The maximum atomic E-state index is 10.3. The number of hydrogen-bond donors (Lipinski definition) is 8. The molecule has 8 N–H and O–H groups in total. The van der Waals surface area contributed by atoms with E-state index < -0.39 is 73.4 Å². The van der Waals surface area contributed by atoms with Crippen molar-refractivity contribution in [2.45, 2.75) is 61.4 Å². The Hall–Kier alpha value is -0.200. The summed E-state index contributed by atoms with van der Waals surface area (Å²) < 4.78 is 8.55. The van der Waals surface area contributed by atoms with Crippen LogP contribution in [0.2, 0.25) is 0 Å². The van der Waals surface area contributed by atoms with Crippen LogP contribution in [0.4, 0.5) is 0 Å². The molecule has 0 bridgehead atoms. The minimum atomic E-state index is -1.85. The van der Waals surface area contributed by atoms with Gasteiger partial charge in [0.1, 0.15) is 48.8 Å². The number of carboxylic acids is 2. The number of rotatable bonds is 2. The summed E-state index contributed by atoms with van der Waals surface area (Å²) in [6.07, 6.45) is -18.0. The summed E-state index contributed by atoms with van der Waals surface area (Å²) in [7, 11) is 0. The molecule has 0 aliphatic carbocycles. The van der Waals surface area contributed by atoms with Gasteiger partial charge in [0, 0.05) is 0 Å². The van der Waals surface area contributed by atoms with Gasteiger partial charge in [-0.3, -0.25) is 0 Å². The van der Waals surface area contributed by atoms with Crippen molar-refractivity contribution in [1.29, 1.82) is 0 Å². The normalized spacial score (nSPS) is 44.3. The number of carbonyl (C=O) groups excluding carboxylic acids is 2. The SMILES string of the molecule is O=C([O-])[C@H]1O[C@@H](O)[C@H](O)[C@@H](O)[C@@H]1O.O=C([O-])[C@H]1O[C@@H](O)[C@H](O)[C@@H](O)[C@@H]1O.[Ca+2]. The molecule has 0 saturated carbocycles. The molecule has 152 valence electrons. The summed E-state index contributed by atoms with van der Waals surface area (Å²) in [5, 5.41) is 92.1. The van der Waals surface area contributed by atoms with E-state index in [1.807, 2.05) is 0 Å². The molecule has 2 aliphatic rings. The van der Waals surface area contributed by atoms with Crippen LogP contribution in [0.15, 0.2) is 0 Å². The van der Waals surface area contributed by atoms with Crippen molar-refractivity contribution < 1.29 is 70.1 Å². The molecule has 0 unspecified atom stereocenters. The van der Waals surface area contributed by atoms with Crippen molar-refractivity contribution in [2.24, 2.45) is 0 Å². The molecule has 15 heteroatoms. The third-order valence-corrected chi connectivity index (χ3v) is 3.64. The van der Waals surface area contributed by atoms with E-state index in [0.717, 1.165) is 0 Å². The van der Waals surface area contributed by atoms with Crippen LogP contribution in [0.25, 0.3) is 0 Å². The summed E-state index contributed by atoms with van der Waals surface area (Å²) in [4.78, 5) is 20.5. The standard InChI is InChI=1S/2C6H10O7.Ca/c2*7-1-2(8)4(5(10)11)13-6(12)3(1)9;/h2*1-4,6-9,12H,(H,10,11);/q;;+2/p-2/t2*1-,2-,3+,4-,6+;/m00./s1. The van der Waals surface area contributed by atoms with Crippen LogP contribution >= 0.6 is 0 Å². The molecule has 0 aromatic rings. The minimum absolute atomic E-state index is 0. The van der Waals surface area contributed by atoms with E-state index in [2.05, 4.69) is 9.47 Å². The van der Waals surface area contributed by atoms with Gasteiger partial charge in [0.25, 0.3) is 0 Å². The molecule has 0 aromatic heterocycles. The summed E-state index contributed by atoms with van der Waals surface area (Å²) >= 11 is 0. The second kappa shape index (κ2) is 11.1. The average Bonchev–Trinajstić information content (AvgIpc) is 2.57. The van der Waals surface area contributed by atoms with E-state index in [9.17, 15) is 19.8 Å². The Morgan fingerprint density at radius 3 is 1.04 bits per heavy atom. The van der Waals surface area contributed by atoms with Gasteiger partial charge in [-0.05, 0) is 0 Å². The zero-order valence-electron chi connectivity index (χ0n) is 13.5. The molecule has 2 fully saturated rings. The molecule has 27 heavy (non-hydrogen) atoms. The first-order valence-electron chi connectivity index (χ1n) is 7.07.